The highest BCUT2D eigenvalue weighted by Crippen LogP contribution is 2.31. The quantitative estimate of drug-likeness (QED) is 0.701. The van der Waals surface area contributed by atoms with Crippen molar-refractivity contribution in [2.75, 3.05) is 13.1 Å². The molecule has 130 valence electrons. The fraction of sp³-hybridized carbons (Fsp3) is 0.444. The first-order chi connectivity index (χ1) is 12.0. The number of likely N-dealkylation sites (tertiary alicyclic amines) is 1. The number of rotatable bonds is 2. The SMILES string of the molecule is Cc1cc(C(=O)N2CCCC(c3ncc(C)s3)C2)c2c(C)noc2n1. The molecule has 3 aromatic rings. The highest BCUT2D eigenvalue weighted by Gasteiger charge is 2.29. The van der Waals surface area contributed by atoms with Gasteiger partial charge in [0.2, 0.25) is 0 Å². The number of amides is 1. The molecule has 1 aliphatic rings. The molecule has 1 amide bonds. The predicted octanol–water partition coefficient (Wildman–Crippen LogP) is 3.62. The number of piperidine rings is 1. The molecule has 1 aliphatic heterocycles. The lowest BCUT2D eigenvalue weighted by atomic mass is 9.97. The second kappa shape index (κ2) is 6.22. The lowest BCUT2D eigenvalue weighted by Crippen LogP contribution is -2.39. The molecule has 0 saturated carbocycles. The summed E-state index contributed by atoms with van der Waals surface area (Å²) in [4.78, 5) is 25.2. The standard InChI is InChI=1S/C18H20N4O2S/c1-10-7-14(15-12(3)21-24-16(15)20-10)18(23)22-6-4-5-13(9-22)17-19-8-11(2)25-17/h7-8,13H,4-6,9H2,1-3H3. The van der Waals surface area contributed by atoms with Gasteiger partial charge in [-0.25, -0.2) is 9.97 Å². The molecule has 0 radical (unpaired) electrons. The van der Waals surface area contributed by atoms with Crippen molar-refractivity contribution in [1.82, 2.24) is 20.0 Å². The van der Waals surface area contributed by atoms with Crippen molar-refractivity contribution in [1.29, 1.82) is 0 Å². The van der Waals surface area contributed by atoms with E-state index in [1.54, 1.807) is 11.3 Å². The van der Waals surface area contributed by atoms with E-state index in [2.05, 4.69) is 22.0 Å². The van der Waals surface area contributed by atoms with Gasteiger partial charge in [-0.05, 0) is 39.7 Å². The van der Waals surface area contributed by atoms with E-state index in [0.717, 1.165) is 35.5 Å². The zero-order valence-electron chi connectivity index (χ0n) is 14.6. The summed E-state index contributed by atoms with van der Waals surface area (Å²) in [6.07, 6.45) is 3.98. The van der Waals surface area contributed by atoms with Crippen molar-refractivity contribution >= 4 is 28.3 Å². The highest BCUT2D eigenvalue weighted by molar-refractivity contribution is 7.11. The number of aryl methyl sites for hydroxylation is 3. The Morgan fingerprint density at radius 1 is 1.36 bits per heavy atom. The van der Waals surface area contributed by atoms with Gasteiger partial charge < -0.3 is 9.42 Å². The third-order valence-electron chi connectivity index (χ3n) is 4.67. The molecule has 3 aromatic heterocycles. The number of nitrogens with zero attached hydrogens (tertiary/aromatic N) is 4. The molecule has 1 saturated heterocycles. The number of pyridine rings is 1. The Labute approximate surface area is 149 Å². The van der Waals surface area contributed by atoms with Gasteiger partial charge in [0.05, 0.1) is 21.7 Å². The third kappa shape index (κ3) is 2.93. The van der Waals surface area contributed by atoms with E-state index in [1.807, 2.05) is 31.0 Å². The molecule has 7 heteroatoms. The number of carbonyl (C=O) groups is 1. The van der Waals surface area contributed by atoms with Crippen molar-refractivity contribution in [2.45, 2.75) is 39.5 Å². The van der Waals surface area contributed by atoms with E-state index in [0.29, 0.717) is 29.4 Å². The van der Waals surface area contributed by atoms with Crippen molar-refractivity contribution in [3.8, 4) is 0 Å². The Morgan fingerprint density at radius 3 is 2.96 bits per heavy atom. The van der Waals surface area contributed by atoms with E-state index in [-0.39, 0.29) is 5.91 Å². The van der Waals surface area contributed by atoms with Crippen LogP contribution < -0.4 is 0 Å². The fourth-order valence-electron chi connectivity index (χ4n) is 3.48. The summed E-state index contributed by atoms with van der Waals surface area (Å²) < 4.78 is 5.26. The van der Waals surface area contributed by atoms with Crippen LogP contribution in [0.1, 0.15) is 50.4 Å². The molecule has 6 nitrogen and oxygen atoms in total. The Bertz CT molecular complexity index is 946. The first-order valence-electron chi connectivity index (χ1n) is 8.48. The van der Waals surface area contributed by atoms with Crippen LogP contribution in [-0.4, -0.2) is 39.0 Å². The molecule has 1 unspecified atom stereocenters. The zero-order valence-corrected chi connectivity index (χ0v) is 15.4. The molecule has 0 aromatic carbocycles. The van der Waals surface area contributed by atoms with Gasteiger partial charge in [-0.3, -0.25) is 4.79 Å². The summed E-state index contributed by atoms with van der Waals surface area (Å²) >= 11 is 1.73. The number of hydrogen-bond acceptors (Lipinski definition) is 6. The Kier molecular flexibility index (Phi) is 4.03. The third-order valence-corrected chi connectivity index (χ3v) is 5.75. The number of thiazole rings is 1. The van der Waals surface area contributed by atoms with Gasteiger partial charge in [0.15, 0.2) is 0 Å². The summed E-state index contributed by atoms with van der Waals surface area (Å²) in [5.74, 6) is 0.346. The molecule has 1 atom stereocenters. The number of carbonyl (C=O) groups excluding carboxylic acids is 1. The van der Waals surface area contributed by atoms with Crippen LogP contribution in [0.15, 0.2) is 16.8 Å². The van der Waals surface area contributed by atoms with Gasteiger partial charge in [0.25, 0.3) is 11.6 Å². The molecular weight excluding hydrogens is 336 g/mol. The number of hydrogen-bond donors (Lipinski definition) is 0. The average Bonchev–Trinajstić information content (AvgIpc) is 3.20. The van der Waals surface area contributed by atoms with Gasteiger partial charge in [-0.15, -0.1) is 11.3 Å². The minimum atomic E-state index is 0.0276. The molecule has 0 N–H and O–H groups in total. The van der Waals surface area contributed by atoms with Gasteiger partial charge in [0.1, 0.15) is 0 Å². The Balaban J connectivity index is 1.65. The second-order valence-electron chi connectivity index (χ2n) is 6.66. The minimum absolute atomic E-state index is 0.0276. The van der Waals surface area contributed by atoms with Crippen LogP contribution in [0, 0.1) is 20.8 Å². The van der Waals surface area contributed by atoms with E-state index >= 15 is 0 Å². The minimum Gasteiger partial charge on any atom is -0.338 e. The molecule has 4 rings (SSSR count). The summed E-state index contributed by atoms with van der Waals surface area (Å²) in [6.45, 7) is 7.26. The molecule has 0 aliphatic carbocycles. The molecule has 0 bridgehead atoms. The van der Waals surface area contributed by atoms with Crippen molar-refractivity contribution < 1.29 is 9.32 Å². The monoisotopic (exact) mass is 356 g/mol. The van der Waals surface area contributed by atoms with E-state index in [4.69, 9.17) is 4.52 Å². The van der Waals surface area contributed by atoms with Crippen LogP contribution in [0.3, 0.4) is 0 Å². The molecule has 1 fully saturated rings. The molecule has 4 heterocycles. The van der Waals surface area contributed by atoms with Crippen LogP contribution in [0.2, 0.25) is 0 Å². The normalized spacial score (nSPS) is 18.0. The van der Waals surface area contributed by atoms with Crippen molar-refractivity contribution in [2.24, 2.45) is 0 Å². The summed E-state index contributed by atoms with van der Waals surface area (Å²) in [5.41, 5.74) is 2.54. The van der Waals surface area contributed by atoms with Crippen LogP contribution in [-0.2, 0) is 0 Å². The number of aromatic nitrogens is 3. The van der Waals surface area contributed by atoms with Crippen molar-refractivity contribution in [3.05, 3.63) is 39.1 Å². The maximum Gasteiger partial charge on any atom is 0.258 e. The van der Waals surface area contributed by atoms with Gasteiger partial charge >= 0.3 is 0 Å². The van der Waals surface area contributed by atoms with Gasteiger partial charge in [-0.2, -0.15) is 0 Å². The molecule has 25 heavy (non-hydrogen) atoms. The molecular formula is C18H20N4O2S. The van der Waals surface area contributed by atoms with E-state index in [1.165, 1.54) is 4.88 Å². The summed E-state index contributed by atoms with van der Waals surface area (Å²) in [7, 11) is 0. The van der Waals surface area contributed by atoms with Crippen molar-refractivity contribution in [3.63, 3.8) is 0 Å². The topological polar surface area (TPSA) is 72.1 Å². The first-order valence-corrected chi connectivity index (χ1v) is 9.30. The zero-order chi connectivity index (χ0) is 17.6. The Hall–Kier alpha value is -2.28. The maximum absolute atomic E-state index is 13.2. The molecule has 0 spiro atoms. The van der Waals surface area contributed by atoms with Crippen LogP contribution >= 0.6 is 11.3 Å². The van der Waals surface area contributed by atoms with Crippen LogP contribution in [0.4, 0.5) is 0 Å². The Morgan fingerprint density at radius 2 is 2.20 bits per heavy atom. The van der Waals surface area contributed by atoms with Gasteiger partial charge in [0, 0.05) is 35.8 Å². The van der Waals surface area contributed by atoms with Crippen LogP contribution in [0.5, 0.6) is 0 Å². The highest BCUT2D eigenvalue weighted by atomic mass is 32.1. The number of fused-ring (bicyclic) bond motifs is 1. The summed E-state index contributed by atoms with van der Waals surface area (Å²) in [5, 5.41) is 5.83. The van der Waals surface area contributed by atoms with Gasteiger partial charge in [-0.1, -0.05) is 5.16 Å². The lowest BCUT2D eigenvalue weighted by Gasteiger charge is -2.32. The van der Waals surface area contributed by atoms with E-state index in [9.17, 15) is 4.79 Å². The van der Waals surface area contributed by atoms with E-state index < -0.39 is 0 Å². The lowest BCUT2D eigenvalue weighted by molar-refractivity contribution is 0.0709. The first kappa shape index (κ1) is 16.2. The summed E-state index contributed by atoms with van der Waals surface area (Å²) in [6, 6.07) is 1.84. The average molecular weight is 356 g/mol. The largest absolute Gasteiger partial charge is 0.338 e. The predicted molar refractivity (Wildman–Crippen MR) is 96.0 cm³/mol. The smallest absolute Gasteiger partial charge is 0.258 e. The second-order valence-corrected chi connectivity index (χ2v) is 7.93. The fourth-order valence-corrected chi connectivity index (χ4v) is 4.38. The van der Waals surface area contributed by atoms with Crippen LogP contribution in [0.25, 0.3) is 11.1 Å². The maximum atomic E-state index is 13.2.